The zero-order chi connectivity index (χ0) is 22.6. The molecule has 0 spiro atoms. The van der Waals surface area contributed by atoms with E-state index in [1.807, 2.05) is 6.07 Å². The van der Waals surface area contributed by atoms with Crippen LogP contribution in [0, 0.1) is 23.0 Å². The Morgan fingerprint density at radius 1 is 1.00 bits per heavy atom. The Balaban J connectivity index is 1.73. The molecule has 2 N–H and O–H groups in total. The van der Waals surface area contributed by atoms with Gasteiger partial charge in [-0.15, -0.1) is 0 Å². The number of sulfonamides is 1. The van der Waals surface area contributed by atoms with Crippen LogP contribution < -0.4 is 10.0 Å². The van der Waals surface area contributed by atoms with Crippen molar-refractivity contribution >= 4 is 33.2 Å². The number of rotatable bonds is 6. The Bertz CT molecular complexity index is 1280. The van der Waals surface area contributed by atoms with Gasteiger partial charge in [0.1, 0.15) is 17.7 Å². The normalized spacial score (nSPS) is 11.9. The predicted octanol–water partition coefficient (Wildman–Crippen LogP) is 4.41. The van der Waals surface area contributed by atoms with E-state index in [1.54, 1.807) is 6.07 Å². The summed E-state index contributed by atoms with van der Waals surface area (Å²) >= 11 is 5.63. The number of hydrogen-bond donors (Lipinski definition) is 2. The van der Waals surface area contributed by atoms with Gasteiger partial charge in [0.25, 0.3) is 15.9 Å². The summed E-state index contributed by atoms with van der Waals surface area (Å²) in [5, 5.41) is 11.4. The van der Waals surface area contributed by atoms with Gasteiger partial charge in [0.15, 0.2) is 0 Å². The van der Waals surface area contributed by atoms with Crippen molar-refractivity contribution in [2.24, 2.45) is 0 Å². The highest BCUT2D eigenvalue weighted by atomic mass is 35.5. The highest BCUT2D eigenvalue weighted by Crippen LogP contribution is 2.22. The first-order chi connectivity index (χ1) is 14.7. The molecule has 158 valence electrons. The number of carbonyl (C=O) groups is 1. The van der Waals surface area contributed by atoms with E-state index in [4.69, 9.17) is 11.6 Å². The Kier molecular flexibility index (Phi) is 6.53. The second-order valence-corrected chi connectivity index (χ2v) is 8.41. The third-order valence-electron chi connectivity index (χ3n) is 4.22. The summed E-state index contributed by atoms with van der Waals surface area (Å²) in [4.78, 5) is 12.2. The molecule has 0 aliphatic heterocycles. The van der Waals surface area contributed by atoms with Gasteiger partial charge in [0.2, 0.25) is 0 Å². The van der Waals surface area contributed by atoms with Crippen molar-refractivity contribution in [3.63, 3.8) is 0 Å². The molecule has 0 radical (unpaired) electrons. The van der Waals surface area contributed by atoms with Crippen LogP contribution in [0.3, 0.4) is 0 Å². The fourth-order valence-electron chi connectivity index (χ4n) is 2.65. The third-order valence-corrected chi connectivity index (χ3v) is 5.89. The molecule has 0 aliphatic carbocycles. The molecule has 0 aromatic heterocycles. The fraction of sp³-hybridized carbons (Fsp3) is 0.0476. The van der Waals surface area contributed by atoms with Crippen molar-refractivity contribution in [3.8, 4) is 6.07 Å². The topological polar surface area (TPSA) is 99.1 Å². The first-order valence-electron chi connectivity index (χ1n) is 8.74. The number of hydrogen-bond acceptors (Lipinski definition) is 4. The van der Waals surface area contributed by atoms with Gasteiger partial charge in [-0.1, -0.05) is 29.8 Å². The summed E-state index contributed by atoms with van der Waals surface area (Å²) in [7, 11) is -4.04. The maximum absolute atomic E-state index is 13.9. The minimum Gasteiger partial charge on any atom is -0.332 e. The molecule has 3 rings (SSSR count). The van der Waals surface area contributed by atoms with Gasteiger partial charge in [-0.05, 0) is 48.5 Å². The van der Waals surface area contributed by atoms with Gasteiger partial charge in [0, 0.05) is 16.8 Å². The number of anilines is 1. The average Bonchev–Trinajstić information content (AvgIpc) is 2.74. The van der Waals surface area contributed by atoms with Gasteiger partial charge in [0.05, 0.1) is 16.0 Å². The zero-order valence-corrected chi connectivity index (χ0v) is 17.2. The number of carbonyl (C=O) groups excluding carboxylic acids is 1. The molecule has 6 nitrogen and oxygen atoms in total. The monoisotopic (exact) mass is 461 g/mol. The number of benzene rings is 3. The van der Waals surface area contributed by atoms with Gasteiger partial charge >= 0.3 is 0 Å². The quantitative estimate of drug-likeness (QED) is 0.567. The van der Waals surface area contributed by atoms with Crippen LogP contribution >= 0.6 is 11.6 Å². The summed E-state index contributed by atoms with van der Waals surface area (Å²) in [5.74, 6) is -2.02. The summed E-state index contributed by atoms with van der Waals surface area (Å²) in [6, 6.07) is 14.5. The largest absolute Gasteiger partial charge is 0.332 e. The summed E-state index contributed by atoms with van der Waals surface area (Å²) in [6.07, 6.45) is 0. The maximum Gasteiger partial charge on any atom is 0.261 e. The van der Waals surface area contributed by atoms with E-state index in [0.29, 0.717) is 0 Å². The zero-order valence-electron chi connectivity index (χ0n) is 15.6. The standard InChI is InChI=1S/C21H14ClF2N3O3S/c22-17-11-15(9-10-19(17)24)31(29,30)27-14-7-5-13(6-8-14)21(28)26-20(12-25)16-3-1-2-4-18(16)23/h1-11,20,27H,(H,26,28). The van der Waals surface area contributed by atoms with E-state index in [2.05, 4.69) is 10.0 Å². The second-order valence-electron chi connectivity index (χ2n) is 6.32. The van der Waals surface area contributed by atoms with E-state index in [9.17, 15) is 27.3 Å². The smallest absolute Gasteiger partial charge is 0.261 e. The Labute approximate surface area is 182 Å². The van der Waals surface area contributed by atoms with Gasteiger partial charge in [-0.25, -0.2) is 17.2 Å². The van der Waals surface area contributed by atoms with Crippen molar-refractivity contribution in [1.82, 2.24) is 5.32 Å². The van der Waals surface area contributed by atoms with Crippen LogP contribution in [0.25, 0.3) is 0 Å². The van der Waals surface area contributed by atoms with Crippen LogP contribution in [0.1, 0.15) is 22.0 Å². The Morgan fingerprint density at radius 3 is 2.29 bits per heavy atom. The number of nitrogens with one attached hydrogen (secondary N) is 2. The molecule has 10 heteroatoms. The molecule has 0 heterocycles. The SMILES string of the molecule is N#CC(NC(=O)c1ccc(NS(=O)(=O)c2ccc(F)c(Cl)c2)cc1)c1ccccc1F. The molecule has 3 aromatic carbocycles. The number of amides is 1. The minimum atomic E-state index is -4.04. The van der Waals surface area contributed by atoms with Crippen LogP contribution in [-0.2, 0) is 10.0 Å². The van der Waals surface area contributed by atoms with Crippen molar-refractivity contribution < 1.29 is 22.0 Å². The molecule has 0 fully saturated rings. The molecule has 1 atom stereocenters. The van der Waals surface area contributed by atoms with Crippen LogP contribution in [0.4, 0.5) is 14.5 Å². The molecule has 3 aromatic rings. The van der Waals surface area contributed by atoms with Crippen molar-refractivity contribution in [2.45, 2.75) is 10.9 Å². The highest BCUT2D eigenvalue weighted by Gasteiger charge is 2.19. The van der Waals surface area contributed by atoms with Crippen molar-refractivity contribution in [1.29, 1.82) is 5.26 Å². The Morgan fingerprint density at radius 2 is 1.68 bits per heavy atom. The number of halogens is 3. The van der Waals surface area contributed by atoms with E-state index < -0.39 is 33.6 Å². The molecule has 0 bridgehead atoms. The van der Waals surface area contributed by atoms with E-state index in [1.165, 1.54) is 42.5 Å². The minimum absolute atomic E-state index is 0.0284. The van der Waals surface area contributed by atoms with Crippen LogP contribution in [0.5, 0.6) is 0 Å². The average molecular weight is 462 g/mol. The number of nitriles is 1. The molecule has 0 saturated heterocycles. The molecule has 31 heavy (non-hydrogen) atoms. The van der Waals surface area contributed by atoms with Gasteiger partial charge in [-0.2, -0.15) is 5.26 Å². The van der Waals surface area contributed by atoms with E-state index >= 15 is 0 Å². The van der Waals surface area contributed by atoms with Gasteiger partial charge in [-0.3, -0.25) is 9.52 Å². The lowest BCUT2D eigenvalue weighted by molar-refractivity contribution is 0.0944. The lowest BCUT2D eigenvalue weighted by atomic mass is 10.1. The molecule has 1 unspecified atom stereocenters. The lowest BCUT2D eigenvalue weighted by Crippen LogP contribution is -2.28. The Hall–Kier alpha value is -3.48. The molecule has 0 aliphatic rings. The first kappa shape index (κ1) is 22.2. The molecular weight excluding hydrogens is 448 g/mol. The summed E-state index contributed by atoms with van der Waals surface area (Å²) in [6.45, 7) is 0. The molecule has 0 saturated carbocycles. The second kappa shape index (κ2) is 9.12. The fourth-order valence-corrected chi connectivity index (χ4v) is 3.98. The predicted molar refractivity (Wildman–Crippen MR) is 111 cm³/mol. The first-order valence-corrected chi connectivity index (χ1v) is 10.6. The van der Waals surface area contributed by atoms with Crippen LogP contribution in [0.15, 0.2) is 71.6 Å². The highest BCUT2D eigenvalue weighted by molar-refractivity contribution is 7.92. The van der Waals surface area contributed by atoms with Crippen LogP contribution in [-0.4, -0.2) is 14.3 Å². The van der Waals surface area contributed by atoms with Crippen molar-refractivity contribution in [2.75, 3.05) is 4.72 Å². The van der Waals surface area contributed by atoms with E-state index in [0.717, 1.165) is 18.2 Å². The summed E-state index contributed by atoms with van der Waals surface area (Å²) < 4.78 is 54.3. The van der Waals surface area contributed by atoms with E-state index in [-0.39, 0.29) is 26.7 Å². The third kappa shape index (κ3) is 5.17. The van der Waals surface area contributed by atoms with Crippen molar-refractivity contribution in [3.05, 3.63) is 94.5 Å². The van der Waals surface area contributed by atoms with Gasteiger partial charge < -0.3 is 5.32 Å². The molecule has 1 amide bonds. The van der Waals surface area contributed by atoms with Crippen LogP contribution in [0.2, 0.25) is 5.02 Å². The molecular formula is C21H14ClF2N3O3S. The number of nitrogens with zero attached hydrogens (tertiary/aromatic N) is 1. The summed E-state index contributed by atoms with van der Waals surface area (Å²) in [5.41, 5.74) is 0.299. The maximum atomic E-state index is 13.9. The lowest BCUT2D eigenvalue weighted by Gasteiger charge is -2.13.